The second-order valence-electron chi connectivity index (χ2n) is 4.11. The van der Waals surface area contributed by atoms with Crippen molar-refractivity contribution >= 4 is 5.69 Å². The van der Waals surface area contributed by atoms with Gasteiger partial charge in [0.2, 0.25) is 0 Å². The minimum Gasteiger partial charge on any atom is -0.399 e. The predicted molar refractivity (Wildman–Crippen MR) is 56.7 cm³/mol. The van der Waals surface area contributed by atoms with E-state index in [-0.39, 0.29) is 5.92 Å². The second kappa shape index (κ2) is 3.99. The van der Waals surface area contributed by atoms with Crippen LogP contribution in [0.5, 0.6) is 0 Å². The zero-order chi connectivity index (χ0) is 9.97. The first kappa shape index (κ1) is 9.50. The minimum absolute atomic E-state index is 0.235. The molecule has 0 amide bonds. The van der Waals surface area contributed by atoms with Crippen LogP contribution in [0.2, 0.25) is 0 Å². The number of nitrogen functional groups attached to an aromatic ring is 1. The van der Waals surface area contributed by atoms with Gasteiger partial charge in [-0.3, -0.25) is 0 Å². The maximum absolute atomic E-state index is 13.9. The lowest BCUT2D eigenvalue weighted by Gasteiger charge is -2.15. The number of hydrogen-bond donors (Lipinski definition) is 1. The van der Waals surface area contributed by atoms with Gasteiger partial charge in [-0.1, -0.05) is 25.0 Å². The molecule has 0 spiro atoms. The van der Waals surface area contributed by atoms with Gasteiger partial charge in [-0.2, -0.15) is 0 Å². The van der Waals surface area contributed by atoms with Crippen LogP contribution in [0, 0.1) is 5.92 Å². The Labute approximate surface area is 84.1 Å². The zero-order valence-electron chi connectivity index (χ0n) is 8.25. The van der Waals surface area contributed by atoms with E-state index in [1.54, 1.807) is 24.3 Å². The Bertz CT molecular complexity index is 288. The predicted octanol–water partition coefficient (Wildman–Crippen LogP) is 3.47. The molecular weight excluding hydrogens is 177 g/mol. The lowest BCUT2D eigenvalue weighted by atomic mass is 9.96. The van der Waals surface area contributed by atoms with E-state index in [0.717, 1.165) is 18.4 Å². The lowest BCUT2D eigenvalue weighted by molar-refractivity contribution is 0.235. The largest absolute Gasteiger partial charge is 0.399 e. The van der Waals surface area contributed by atoms with Crippen molar-refractivity contribution < 1.29 is 4.39 Å². The summed E-state index contributed by atoms with van der Waals surface area (Å²) in [5.41, 5.74) is 7.04. The molecular formula is C12H16FN. The van der Waals surface area contributed by atoms with Gasteiger partial charge in [0.15, 0.2) is 0 Å². The molecule has 1 fully saturated rings. The Balaban J connectivity index is 2.09. The molecule has 0 aliphatic heterocycles. The van der Waals surface area contributed by atoms with Crippen LogP contribution in [0.15, 0.2) is 24.3 Å². The number of alkyl halides is 1. The average Bonchev–Trinajstić information content (AvgIpc) is 2.71. The highest BCUT2D eigenvalue weighted by Gasteiger charge is 2.25. The Morgan fingerprint density at radius 2 is 1.71 bits per heavy atom. The summed E-state index contributed by atoms with van der Waals surface area (Å²) in [7, 11) is 0. The van der Waals surface area contributed by atoms with Gasteiger partial charge in [0.05, 0.1) is 0 Å². The summed E-state index contributed by atoms with van der Waals surface area (Å²) in [4.78, 5) is 0. The Morgan fingerprint density at radius 3 is 2.29 bits per heavy atom. The van der Waals surface area contributed by atoms with Crippen molar-refractivity contribution in [2.45, 2.75) is 31.9 Å². The maximum Gasteiger partial charge on any atom is 0.128 e. The van der Waals surface area contributed by atoms with E-state index in [0.29, 0.717) is 5.69 Å². The van der Waals surface area contributed by atoms with Crippen LogP contribution in [0.4, 0.5) is 10.1 Å². The van der Waals surface area contributed by atoms with Crippen LogP contribution in [0.1, 0.15) is 37.4 Å². The molecule has 76 valence electrons. The summed E-state index contributed by atoms with van der Waals surface area (Å²) in [6.45, 7) is 0. The number of anilines is 1. The van der Waals surface area contributed by atoms with Crippen LogP contribution < -0.4 is 5.73 Å². The molecule has 1 nitrogen and oxygen atoms in total. The molecule has 1 aromatic carbocycles. The van der Waals surface area contributed by atoms with Gasteiger partial charge in [0, 0.05) is 5.69 Å². The first-order valence-corrected chi connectivity index (χ1v) is 5.27. The third-order valence-electron chi connectivity index (χ3n) is 3.07. The summed E-state index contributed by atoms with van der Waals surface area (Å²) >= 11 is 0. The van der Waals surface area contributed by atoms with E-state index >= 15 is 0 Å². The quantitative estimate of drug-likeness (QED) is 0.715. The molecule has 2 N–H and O–H groups in total. The monoisotopic (exact) mass is 193 g/mol. The molecule has 2 rings (SSSR count). The average molecular weight is 193 g/mol. The number of benzene rings is 1. The van der Waals surface area contributed by atoms with Crippen LogP contribution in [0.25, 0.3) is 0 Å². The molecule has 1 unspecified atom stereocenters. The van der Waals surface area contributed by atoms with Crippen molar-refractivity contribution in [3.05, 3.63) is 29.8 Å². The summed E-state index contributed by atoms with van der Waals surface area (Å²) < 4.78 is 13.9. The van der Waals surface area contributed by atoms with Gasteiger partial charge < -0.3 is 5.73 Å². The molecule has 0 radical (unpaired) electrons. The third kappa shape index (κ3) is 1.89. The van der Waals surface area contributed by atoms with Crippen LogP contribution >= 0.6 is 0 Å². The molecule has 1 aliphatic rings. The minimum atomic E-state index is -0.793. The fourth-order valence-electron chi connectivity index (χ4n) is 2.20. The van der Waals surface area contributed by atoms with E-state index in [1.807, 2.05) is 0 Å². The molecule has 1 atom stereocenters. The van der Waals surface area contributed by atoms with Crippen molar-refractivity contribution in [2.24, 2.45) is 5.92 Å². The van der Waals surface area contributed by atoms with Crippen molar-refractivity contribution in [1.82, 2.24) is 0 Å². The van der Waals surface area contributed by atoms with E-state index < -0.39 is 6.17 Å². The highest BCUT2D eigenvalue weighted by molar-refractivity contribution is 5.39. The van der Waals surface area contributed by atoms with Gasteiger partial charge >= 0.3 is 0 Å². The van der Waals surface area contributed by atoms with Crippen molar-refractivity contribution in [3.63, 3.8) is 0 Å². The van der Waals surface area contributed by atoms with Gasteiger partial charge in [0.1, 0.15) is 6.17 Å². The van der Waals surface area contributed by atoms with Gasteiger partial charge in [-0.25, -0.2) is 4.39 Å². The van der Waals surface area contributed by atoms with E-state index in [9.17, 15) is 4.39 Å². The molecule has 14 heavy (non-hydrogen) atoms. The summed E-state index contributed by atoms with van der Waals surface area (Å²) in [5, 5.41) is 0. The number of rotatable bonds is 2. The van der Waals surface area contributed by atoms with E-state index in [4.69, 9.17) is 5.73 Å². The van der Waals surface area contributed by atoms with Gasteiger partial charge in [0.25, 0.3) is 0 Å². The van der Waals surface area contributed by atoms with Crippen LogP contribution in [0.3, 0.4) is 0 Å². The number of halogens is 1. The second-order valence-corrected chi connectivity index (χ2v) is 4.11. The molecule has 0 heterocycles. The Kier molecular flexibility index (Phi) is 2.71. The van der Waals surface area contributed by atoms with E-state index in [2.05, 4.69) is 0 Å². The lowest BCUT2D eigenvalue weighted by Crippen LogP contribution is -2.04. The van der Waals surface area contributed by atoms with Crippen molar-refractivity contribution in [2.75, 3.05) is 5.73 Å². The SMILES string of the molecule is Nc1ccc(C(F)C2CCCC2)cc1. The Hall–Kier alpha value is -1.05. The van der Waals surface area contributed by atoms with Gasteiger partial charge in [-0.05, 0) is 36.5 Å². The zero-order valence-corrected chi connectivity index (χ0v) is 8.25. The standard InChI is InChI=1S/C12H16FN/c13-12(9-3-1-2-4-9)10-5-7-11(14)8-6-10/h5-9,12H,1-4,14H2. The number of nitrogens with two attached hydrogens (primary N) is 1. The molecule has 1 aromatic rings. The maximum atomic E-state index is 13.9. The Morgan fingerprint density at radius 1 is 1.14 bits per heavy atom. The molecule has 0 bridgehead atoms. The highest BCUT2D eigenvalue weighted by Crippen LogP contribution is 2.38. The third-order valence-corrected chi connectivity index (χ3v) is 3.07. The smallest absolute Gasteiger partial charge is 0.128 e. The fraction of sp³-hybridized carbons (Fsp3) is 0.500. The summed E-state index contributed by atoms with van der Waals surface area (Å²) in [6, 6.07) is 7.16. The fourth-order valence-corrected chi connectivity index (χ4v) is 2.20. The first-order chi connectivity index (χ1) is 6.77. The normalized spacial score (nSPS) is 19.8. The van der Waals surface area contributed by atoms with Crippen molar-refractivity contribution in [3.8, 4) is 0 Å². The molecule has 1 aliphatic carbocycles. The number of hydrogen-bond acceptors (Lipinski definition) is 1. The highest BCUT2D eigenvalue weighted by atomic mass is 19.1. The van der Waals surface area contributed by atoms with Crippen LogP contribution in [-0.4, -0.2) is 0 Å². The molecule has 0 aromatic heterocycles. The van der Waals surface area contributed by atoms with Gasteiger partial charge in [-0.15, -0.1) is 0 Å². The summed E-state index contributed by atoms with van der Waals surface area (Å²) in [6.07, 6.45) is 3.63. The topological polar surface area (TPSA) is 26.0 Å². The summed E-state index contributed by atoms with van der Waals surface area (Å²) in [5.74, 6) is 0.235. The van der Waals surface area contributed by atoms with Crippen molar-refractivity contribution in [1.29, 1.82) is 0 Å². The van der Waals surface area contributed by atoms with Crippen LogP contribution in [-0.2, 0) is 0 Å². The molecule has 0 saturated heterocycles. The molecule has 2 heteroatoms. The van der Waals surface area contributed by atoms with E-state index in [1.165, 1.54) is 12.8 Å². The molecule has 1 saturated carbocycles. The first-order valence-electron chi connectivity index (χ1n) is 5.27.